The van der Waals surface area contributed by atoms with Crippen molar-refractivity contribution in [2.45, 2.75) is 33.2 Å². The van der Waals surface area contributed by atoms with Gasteiger partial charge in [-0.15, -0.1) is 0 Å². The van der Waals surface area contributed by atoms with Gasteiger partial charge in [0.15, 0.2) is 5.82 Å². The van der Waals surface area contributed by atoms with Gasteiger partial charge in [0.2, 0.25) is 11.8 Å². The minimum Gasteiger partial charge on any atom is -0.347 e. The third-order valence-corrected chi connectivity index (χ3v) is 1.48. The third-order valence-electron chi connectivity index (χ3n) is 1.48. The minimum atomic E-state index is 0.0124. The number of hydrogen-bond donors (Lipinski definition) is 1. The second kappa shape index (κ2) is 4.59. The summed E-state index contributed by atoms with van der Waals surface area (Å²) in [5, 5.41) is 6.28. The molecule has 0 saturated carbocycles. The number of aromatic nitrogens is 2. The van der Waals surface area contributed by atoms with Crippen molar-refractivity contribution < 1.29 is 9.32 Å². The Morgan fingerprint density at radius 2 is 2.38 bits per heavy atom. The fourth-order valence-electron chi connectivity index (χ4n) is 0.901. The van der Waals surface area contributed by atoms with Gasteiger partial charge in [-0.3, -0.25) is 4.79 Å². The summed E-state index contributed by atoms with van der Waals surface area (Å²) in [7, 11) is 0. The number of nitrogens with zero attached hydrogens (tertiary/aromatic N) is 2. The molecular weight excluding hydrogens is 170 g/mol. The lowest BCUT2D eigenvalue weighted by Crippen LogP contribution is -2.22. The molecule has 1 N–H and O–H groups in total. The van der Waals surface area contributed by atoms with Crippen LogP contribution < -0.4 is 5.32 Å². The lowest BCUT2D eigenvalue weighted by molar-refractivity contribution is -0.121. The number of carbonyl (C=O) groups is 1. The van der Waals surface area contributed by atoms with Crippen molar-refractivity contribution in [1.29, 1.82) is 0 Å². The zero-order chi connectivity index (χ0) is 9.68. The van der Waals surface area contributed by atoms with Gasteiger partial charge in [-0.05, 0) is 13.3 Å². The van der Waals surface area contributed by atoms with E-state index in [1.54, 1.807) is 6.92 Å². The molecule has 0 aliphatic carbocycles. The smallest absolute Gasteiger partial charge is 0.246 e. The number of aryl methyl sites for hydroxylation is 1. The van der Waals surface area contributed by atoms with Gasteiger partial charge < -0.3 is 9.84 Å². The molecule has 1 aromatic heterocycles. The fraction of sp³-hybridized carbons (Fsp3) is 0.625. The van der Waals surface area contributed by atoms with E-state index >= 15 is 0 Å². The summed E-state index contributed by atoms with van der Waals surface area (Å²) in [5.41, 5.74) is 0. The van der Waals surface area contributed by atoms with Gasteiger partial charge in [-0.1, -0.05) is 12.1 Å². The Kier molecular flexibility index (Phi) is 3.42. The molecule has 0 fully saturated rings. The Morgan fingerprint density at radius 3 is 2.92 bits per heavy atom. The molecule has 0 spiro atoms. The maximum absolute atomic E-state index is 11.0. The molecular formula is C8H13N3O2. The summed E-state index contributed by atoms with van der Waals surface area (Å²) in [5.74, 6) is 1.04. The minimum absolute atomic E-state index is 0.0124. The summed E-state index contributed by atoms with van der Waals surface area (Å²) in [4.78, 5) is 15.0. The van der Waals surface area contributed by atoms with Crippen LogP contribution in [0.4, 0.5) is 0 Å². The predicted molar refractivity (Wildman–Crippen MR) is 45.8 cm³/mol. The van der Waals surface area contributed by atoms with Crippen LogP contribution in [0.2, 0.25) is 0 Å². The van der Waals surface area contributed by atoms with Gasteiger partial charge in [0.05, 0.1) is 6.54 Å². The van der Waals surface area contributed by atoms with E-state index in [2.05, 4.69) is 15.5 Å². The molecule has 1 rings (SSSR count). The van der Waals surface area contributed by atoms with Crippen LogP contribution in [-0.4, -0.2) is 16.0 Å². The van der Waals surface area contributed by atoms with Gasteiger partial charge in [0.1, 0.15) is 0 Å². The molecule has 1 heterocycles. The first-order valence-electron chi connectivity index (χ1n) is 4.28. The highest BCUT2D eigenvalue weighted by Crippen LogP contribution is 1.95. The van der Waals surface area contributed by atoms with Gasteiger partial charge in [0.25, 0.3) is 0 Å². The van der Waals surface area contributed by atoms with Crippen LogP contribution in [0.25, 0.3) is 0 Å². The first-order valence-corrected chi connectivity index (χ1v) is 4.28. The SMILES string of the molecule is CCCC(=O)NCc1nc(C)no1. The summed E-state index contributed by atoms with van der Waals surface area (Å²) < 4.78 is 4.82. The number of rotatable bonds is 4. The largest absolute Gasteiger partial charge is 0.347 e. The Labute approximate surface area is 76.5 Å². The Morgan fingerprint density at radius 1 is 1.62 bits per heavy atom. The molecule has 0 bridgehead atoms. The van der Waals surface area contributed by atoms with Crippen LogP contribution >= 0.6 is 0 Å². The molecule has 72 valence electrons. The molecule has 5 heteroatoms. The molecule has 0 atom stereocenters. The quantitative estimate of drug-likeness (QED) is 0.749. The van der Waals surface area contributed by atoms with E-state index in [4.69, 9.17) is 4.52 Å². The second-order valence-electron chi connectivity index (χ2n) is 2.76. The monoisotopic (exact) mass is 183 g/mol. The van der Waals surface area contributed by atoms with Crippen molar-refractivity contribution in [3.63, 3.8) is 0 Å². The number of hydrogen-bond acceptors (Lipinski definition) is 4. The van der Waals surface area contributed by atoms with Crippen molar-refractivity contribution in [3.05, 3.63) is 11.7 Å². The van der Waals surface area contributed by atoms with Crippen LogP contribution in [0.1, 0.15) is 31.5 Å². The standard InChI is InChI=1S/C8H13N3O2/c1-3-4-7(12)9-5-8-10-6(2)11-13-8/h3-5H2,1-2H3,(H,9,12). The Bertz CT molecular complexity index is 283. The van der Waals surface area contributed by atoms with E-state index in [1.165, 1.54) is 0 Å². The van der Waals surface area contributed by atoms with Crippen LogP contribution in [-0.2, 0) is 11.3 Å². The summed E-state index contributed by atoms with van der Waals surface area (Å²) in [6.07, 6.45) is 1.38. The summed E-state index contributed by atoms with van der Waals surface area (Å²) >= 11 is 0. The number of carbonyl (C=O) groups excluding carboxylic acids is 1. The molecule has 0 saturated heterocycles. The van der Waals surface area contributed by atoms with Crippen molar-refractivity contribution in [2.24, 2.45) is 0 Å². The normalized spacial score (nSPS) is 10.0. The first-order chi connectivity index (χ1) is 6.22. The van der Waals surface area contributed by atoms with E-state index < -0.39 is 0 Å². The molecule has 0 unspecified atom stereocenters. The third kappa shape index (κ3) is 3.23. The van der Waals surface area contributed by atoms with E-state index in [9.17, 15) is 4.79 Å². The highest BCUT2D eigenvalue weighted by molar-refractivity contribution is 5.75. The van der Waals surface area contributed by atoms with Crippen LogP contribution in [0.3, 0.4) is 0 Å². The van der Waals surface area contributed by atoms with Gasteiger partial charge >= 0.3 is 0 Å². The van der Waals surface area contributed by atoms with Crippen LogP contribution in [0.15, 0.2) is 4.52 Å². The molecule has 5 nitrogen and oxygen atoms in total. The van der Waals surface area contributed by atoms with Crippen LogP contribution in [0.5, 0.6) is 0 Å². The van der Waals surface area contributed by atoms with Crippen molar-refractivity contribution in [1.82, 2.24) is 15.5 Å². The predicted octanol–water partition coefficient (Wildman–Crippen LogP) is 0.794. The number of amides is 1. The number of nitrogens with one attached hydrogen (secondary N) is 1. The lowest BCUT2D eigenvalue weighted by atomic mass is 10.3. The Hall–Kier alpha value is -1.39. The lowest BCUT2D eigenvalue weighted by Gasteiger charge is -1.98. The maximum atomic E-state index is 11.0. The highest BCUT2D eigenvalue weighted by Gasteiger charge is 2.04. The average Bonchev–Trinajstić information content (AvgIpc) is 2.49. The molecule has 0 aromatic carbocycles. The Balaban J connectivity index is 2.30. The van der Waals surface area contributed by atoms with Gasteiger partial charge in [0, 0.05) is 6.42 Å². The molecule has 13 heavy (non-hydrogen) atoms. The fourth-order valence-corrected chi connectivity index (χ4v) is 0.901. The maximum Gasteiger partial charge on any atom is 0.246 e. The van der Waals surface area contributed by atoms with E-state index in [-0.39, 0.29) is 5.91 Å². The molecule has 0 aliphatic heterocycles. The van der Waals surface area contributed by atoms with Crippen LogP contribution in [0, 0.1) is 6.92 Å². The zero-order valence-corrected chi connectivity index (χ0v) is 7.83. The first kappa shape index (κ1) is 9.70. The zero-order valence-electron chi connectivity index (χ0n) is 7.83. The van der Waals surface area contributed by atoms with E-state index in [1.807, 2.05) is 6.92 Å². The second-order valence-corrected chi connectivity index (χ2v) is 2.76. The summed E-state index contributed by atoms with van der Waals surface area (Å²) in [6, 6.07) is 0. The molecule has 0 aliphatic rings. The highest BCUT2D eigenvalue weighted by atomic mass is 16.5. The average molecular weight is 183 g/mol. The van der Waals surface area contributed by atoms with E-state index in [0.717, 1.165) is 6.42 Å². The molecule has 1 amide bonds. The van der Waals surface area contributed by atoms with E-state index in [0.29, 0.717) is 24.7 Å². The topological polar surface area (TPSA) is 68.0 Å². The molecule has 0 radical (unpaired) electrons. The van der Waals surface area contributed by atoms with Gasteiger partial charge in [-0.25, -0.2) is 0 Å². The van der Waals surface area contributed by atoms with Crippen molar-refractivity contribution >= 4 is 5.91 Å². The molecule has 1 aromatic rings. The van der Waals surface area contributed by atoms with Crippen molar-refractivity contribution in [3.8, 4) is 0 Å². The summed E-state index contributed by atoms with van der Waals surface area (Å²) in [6.45, 7) is 4.01. The van der Waals surface area contributed by atoms with Crippen molar-refractivity contribution in [2.75, 3.05) is 0 Å². The van der Waals surface area contributed by atoms with Gasteiger partial charge in [-0.2, -0.15) is 4.98 Å².